The van der Waals surface area contributed by atoms with Gasteiger partial charge in [-0.05, 0) is 18.5 Å². The minimum atomic E-state index is -2.33. The van der Waals surface area contributed by atoms with E-state index in [0.29, 0.717) is 6.42 Å². The maximum absolute atomic E-state index is 10.0. The maximum atomic E-state index is 10.0. The first-order valence-corrected chi connectivity index (χ1v) is 3.46. The first kappa shape index (κ1) is 43.7. The quantitative estimate of drug-likeness (QED) is 0.360. The first-order chi connectivity index (χ1) is 5.77. The van der Waals surface area contributed by atoms with Gasteiger partial charge in [0.1, 0.15) is 5.71 Å². The molecule has 0 aliphatic carbocycles. The SMILES string of the molecule is CC(C)CC(=N)C(=O)O.N.N.N.N.O=C([O-])[O-].[Co+2]. The number of carboxylic acids is 1. The Morgan fingerprint density at radius 3 is 1.39 bits per heavy atom. The Morgan fingerprint density at radius 1 is 1.11 bits per heavy atom. The van der Waals surface area contributed by atoms with Crippen LogP contribution >= 0.6 is 0 Å². The van der Waals surface area contributed by atoms with E-state index in [4.69, 9.17) is 25.5 Å². The number of carboxylic acid groups (broad SMARTS) is 3. The summed E-state index contributed by atoms with van der Waals surface area (Å²) >= 11 is 0. The van der Waals surface area contributed by atoms with Gasteiger partial charge in [-0.3, -0.25) is 5.41 Å². The van der Waals surface area contributed by atoms with Crippen LogP contribution in [0, 0.1) is 11.3 Å². The van der Waals surface area contributed by atoms with Crippen LogP contribution in [0.5, 0.6) is 0 Å². The smallest absolute Gasteiger partial charge is 0.652 e. The molecule has 18 heavy (non-hydrogen) atoms. The van der Waals surface area contributed by atoms with Crippen molar-refractivity contribution in [3.63, 3.8) is 0 Å². The van der Waals surface area contributed by atoms with Crippen LogP contribution in [0.2, 0.25) is 0 Å². The van der Waals surface area contributed by atoms with Gasteiger partial charge in [-0.25, -0.2) is 4.79 Å². The molecule has 0 atom stereocenters. The van der Waals surface area contributed by atoms with Gasteiger partial charge in [0.25, 0.3) is 0 Å². The minimum absolute atomic E-state index is 0. The molecule has 11 heteroatoms. The molecule has 0 saturated heterocycles. The summed E-state index contributed by atoms with van der Waals surface area (Å²) in [4.78, 5) is 18.3. The van der Waals surface area contributed by atoms with Crippen molar-refractivity contribution in [3.05, 3.63) is 0 Å². The molecule has 14 N–H and O–H groups in total. The van der Waals surface area contributed by atoms with Crippen molar-refractivity contribution in [2.75, 3.05) is 0 Å². The number of nitrogens with one attached hydrogen (secondary N) is 1. The summed E-state index contributed by atoms with van der Waals surface area (Å²) in [6.07, 6.45) is -1.98. The van der Waals surface area contributed by atoms with Gasteiger partial charge in [0.05, 0.1) is 0 Å². The molecule has 0 amide bonds. The number of rotatable bonds is 3. The molecule has 0 unspecified atom stereocenters. The summed E-state index contributed by atoms with van der Waals surface area (Å²) in [6, 6.07) is 0. The molecule has 0 bridgehead atoms. The first-order valence-electron chi connectivity index (χ1n) is 3.46. The zero-order valence-corrected chi connectivity index (χ0v) is 11.6. The van der Waals surface area contributed by atoms with Crippen LogP contribution in [0.4, 0.5) is 4.79 Å². The Hall–Kier alpha value is -1.24. The standard InChI is InChI=1S/C6H11NO2.CH2O3.Co.4H3N/c1-4(2)3-5(7)6(8)9;2-1(3)4;;;;;/h4,7H,3H2,1-2H3,(H,8,9);(H2,2,3,4);;4*1H3/q;;+2;;;;/p-2. The monoisotopic (exact) mass is 316 g/mol. The molecule has 0 aromatic carbocycles. The maximum Gasteiger partial charge on any atom is 2.00 e. The van der Waals surface area contributed by atoms with Crippen LogP contribution < -0.4 is 34.8 Å². The summed E-state index contributed by atoms with van der Waals surface area (Å²) in [7, 11) is 0. The van der Waals surface area contributed by atoms with E-state index in [0.717, 1.165) is 0 Å². The largest absolute Gasteiger partial charge is 2.00 e. The molecular weight excluding hydrogens is 293 g/mol. The zero-order chi connectivity index (χ0) is 11.0. The minimum Gasteiger partial charge on any atom is -0.652 e. The van der Waals surface area contributed by atoms with Gasteiger partial charge in [-0.2, -0.15) is 0 Å². The molecule has 10 nitrogen and oxygen atoms in total. The van der Waals surface area contributed by atoms with Crippen molar-refractivity contribution < 1.29 is 41.7 Å². The Balaban J connectivity index is -0.0000000243. The molecule has 115 valence electrons. The number of hydrogen-bond donors (Lipinski definition) is 6. The van der Waals surface area contributed by atoms with Crippen LogP contribution in [-0.2, 0) is 21.6 Å². The molecule has 0 aliphatic heterocycles. The topological polar surface area (TPSA) is 264 Å². The predicted molar refractivity (Wildman–Crippen MR) is 60.3 cm³/mol. The average Bonchev–Trinajstić information content (AvgIpc) is 1.83. The Bertz CT molecular complexity index is 210. The van der Waals surface area contributed by atoms with Gasteiger partial charge in [0.15, 0.2) is 0 Å². The van der Waals surface area contributed by atoms with E-state index in [-0.39, 0.29) is 53.0 Å². The third-order valence-corrected chi connectivity index (χ3v) is 0.871. The van der Waals surface area contributed by atoms with Crippen molar-refractivity contribution in [3.8, 4) is 0 Å². The number of carbonyl (C=O) groups is 2. The molecule has 0 aromatic heterocycles. The van der Waals surface area contributed by atoms with E-state index in [9.17, 15) is 4.79 Å². The molecule has 0 aromatic rings. The van der Waals surface area contributed by atoms with Crippen LogP contribution in [0.15, 0.2) is 0 Å². The second-order valence-corrected chi connectivity index (χ2v) is 2.63. The van der Waals surface area contributed by atoms with Crippen LogP contribution in [0.25, 0.3) is 0 Å². The van der Waals surface area contributed by atoms with Gasteiger partial charge in [-0.1, -0.05) is 13.8 Å². The molecule has 0 aliphatic rings. The van der Waals surface area contributed by atoms with E-state index < -0.39 is 12.1 Å². The van der Waals surface area contributed by atoms with Gasteiger partial charge >= 0.3 is 22.7 Å². The molecule has 0 fully saturated rings. The molecule has 0 rings (SSSR count). The third kappa shape index (κ3) is 61.2. The fraction of sp³-hybridized carbons (Fsp3) is 0.571. The Morgan fingerprint density at radius 2 is 1.33 bits per heavy atom. The van der Waals surface area contributed by atoms with Crippen LogP contribution in [0.1, 0.15) is 20.3 Å². The predicted octanol–water partition coefficient (Wildman–Crippen LogP) is -0.665. The van der Waals surface area contributed by atoms with E-state index in [1.165, 1.54) is 0 Å². The van der Waals surface area contributed by atoms with E-state index >= 15 is 0 Å². The average molecular weight is 316 g/mol. The second-order valence-electron chi connectivity index (χ2n) is 2.63. The summed E-state index contributed by atoms with van der Waals surface area (Å²) < 4.78 is 0. The third-order valence-electron chi connectivity index (χ3n) is 0.871. The van der Waals surface area contributed by atoms with Crippen molar-refractivity contribution in [1.29, 1.82) is 5.41 Å². The van der Waals surface area contributed by atoms with Crippen LogP contribution in [-0.4, -0.2) is 22.9 Å². The second kappa shape index (κ2) is 24.8. The molecule has 0 spiro atoms. The van der Waals surface area contributed by atoms with E-state index in [2.05, 4.69) is 0 Å². The summed E-state index contributed by atoms with van der Waals surface area (Å²) in [6.45, 7) is 3.77. The molecule has 1 radical (unpaired) electrons. The number of carbonyl (C=O) groups excluding carboxylic acids is 1. The van der Waals surface area contributed by atoms with Crippen molar-refractivity contribution >= 4 is 17.8 Å². The Kier molecular flexibility index (Phi) is 60.3. The Labute approximate surface area is 116 Å². The van der Waals surface area contributed by atoms with Crippen LogP contribution in [0.3, 0.4) is 0 Å². The molecular formula is C7H23CoN5O5. The molecule has 0 saturated carbocycles. The molecule has 0 heterocycles. The van der Waals surface area contributed by atoms with Gasteiger partial charge in [0, 0.05) is 0 Å². The fourth-order valence-corrected chi connectivity index (χ4v) is 0.496. The van der Waals surface area contributed by atoms with Gasteiger partial charge < -0.3 is 44.7 Å². The van der Waals surface area contributed by atoms with Crippen molar-refractivity contribution in [2.45, 2.75) is 20.3 Å². The summed E-state index contributed by atoms with van der Waals surface area (Å²) in [5.74, 6) is -0.850. The van der Waals surface area contributed by atoms with Crippen molar-refractivity contribution in [1.82, 2.24) is 24.6 Å². The summed E-state index contributed by atoms with van der Waals surface area (Å²) in [5, 5.41) is 31.7. The zero-order valence-electron chi connectivity index (χ0n) is 10.5. The fourth-order valence-electron chi connectivity index (χ4n) is 0.496. The van der Waals surface area contributed by atoms with Gasteiger partial charge in [-0.15, -0.1) is 0 Å². The number of hydrogen-bond acceptors (Lipinski definition) is 9. The number of aliphatic carboxylic acids is 1. The van der Waals surface area contributed by atoms with E-state index in [1.54, 1.807) is 0 Å². The normalized spacial score (nSPS) is 6.17. The van der Waals surface area contributed by atoms with E-state index in [1.807, 2.05) is 13.8 Å². The van der Waals surface area contributed by atoms with Crippen molar-refractivity contribution in [2.24, 2.45) is 5.92 Å². The van der Waals surface area contributed by atoms with Gasteiger partial charge in [0.2, 0.25) is 0 Å². The summed E-state index contributed by atoms with van der Waals surface area (Å²) in [5.41, 5.74) is -0.204.